The van der Waals surface area contributed by atoms with Crippen LogP contribution in [-0.4, -0.2) is 20.4 Å². The van der Waals surface area contributed by atoms with Gasteiger partial charge in [-0.3, -0.25) is 0 Å². The van der Waals surface area contributed by atoms with Gasteiger partial charge in [0.1, 0.15) is 0 Å². The van der Waals surface area contributed by atoms with Crippen LogP contribution in [0.1, 0.15) is 31.9 Å². The van der Waals surface area contributed by atoms with Gasteiger partial charge in [-0.15, -0.1) is 4.40 Å². The molecule has 0 aliphatic carbocycles. The van der Waals surface area contributed by atoms with Crippen LogP contribution in [0.4, 0.5) is 0 Å². The van der Waals surface area contributed by atoms with E-state index in [2.05, 4.69) is 4.40 Å². The van der Waals surface area contributed by atoms with Crippen LogP contribution >= 0.6 is 0 Å². The van der Waals surface area contributed by atoms with Gasteiger partial charge in [0, 0.05) is 6.92 Å². The van der Waals surface area contributed by atoms with E-state index in [4.69, 9.17) is 4.74 Å². The number of ether oxygens (including phenoxy) is 1. The van der Waals surface area contributed by atoms with Crippen LogP contribution in [0.25, 0.3) is 0 Å². The summed E-state index contributed by atoms with van der Waals surface area (Å²) in [5.41, 5.74) is 1.97. The van der Waals surface area contributed by atoms with Gasteiger partial charge in [0.15, 0.2) is 5.90 Å². The van der Waals surface area contributed by atoms with Gasteiger partial charge >= 0.3 is 0 Å². The Labute approximate surface area is 109 Å². The topological polar surface area (TPSA) is 55.7 Å². The minimum absolute atomic E-state index is 0.0938. The van der Waals surface area contributed by atoms with E-state index in [0.717, 1.165) is 11.1 Å². The molecule has 0 saturated carbocycles. The predicted molar refractivity (Wildman–Crippen MR) is 72.4 cm³/mol. The molecule has 0 heterocycles. The van der Waals surface area contributed by atoms with E-state index in [0.29, 0.717) is 0 Å². The maximum absolute atomic E-state index is 12.0. The summed E-state index contributed by atoms with van der Waals surface area (Å²) >= 11 is 0. The Morgan fingerprint density at radius 2 is 1.83 bits per heavy atom. The van der Waals surface area contributed by atoms with Gasteiger partial charge in [-0.05, 0) is 51.0 Å². The molecule has 0 aliphatic heterocycles. The molecule has 0 saturated heterocycles. The van der Waals surface area contributed by atoms with Crippen LogP contribution < -0.4 is 0 Å². The first kappa shape index (κ1) is 14.7. The molecule has 0 aromatic heterocycles. The van der Waals surface area contributed by atoms with Crippen LogP contribution in [-0.2, 0) is 14.8 Å². The number of nitrogens with zero attached hydrogens (tertiary/aromatic N) is 1. The van der Waals surface area contributed by atoms with Gasteiger partial charge in [0.05, 0.1) is 11.0 Å². The van der Waals surface area contributed by atoms with E-state index < -0.39 is 10.0 Å². The van der Waals surface area contributed by atoms with Crippen LogP contribution in [0.15, 0.2) is 27.5 Å². The van der Waals surface area contributed by atoms with Crippen molar-refractivity contribution in [2.75, 3.05) is 0 Å². The van der Waals surface area contributed by atoms with Crippen molar-refractivity contribution < 1.29 is 13.2 Å². The molecule has 4 nitrogen and oxygen atoms in total. The summed E-state index contributed by atoms with van der Waals surface area (Å²) in [4.78, 5) is 0.192. The lowest BCUT2D eigenvalue weighted by molar-refractivity contribution is 0.227. The number of hydrogen-bond acceptors (Lipinski definition) is 3. The molecule has 0 spiro atoms. The van der Waals surface area contributed by atoms with Crippen molar-refractivity contribution in [2.24, 2.45) is 4.40 Å². The van der Waals surface area contributed by atoms with Crippen molar-refractivity contribution in [1.82, 2.24) is 0 Å². The van der Waals surface area contributed by atoms with Crippen molar-refractivity contribution in [3.8, 4) is 0 Å². The predicted octanol–water partition coefficient (Wildman–Crippen LogP) is 2.84. The van der Waals surface area contributed by atoms with Gasteiger partial charge in [0.25, 0.3) is 10.0 Å². The molecule has 100 valence electrons. The Balaban J connectivity index is 3.10. The number of benzene rings is 1. The first-order valence-electron chi connectivity index (χ1n) is 5.78. The highest BCUT2D eigenvalue weighted by Crippen LogP contribution is 2.17. The SMILES string of the molecule is CC(=NS(=O)(=O)c1ccc(C)c(C)c1)OC(C)C. The Kier molecular flexibility index (Phi) is 4.51. The lowest BCUT2D eigenvalue weighted by atomic mass is 10.1. The summed E-state index contributed by atoms with van der Waals surface area (Å²) in [5, 5.41) is 0. The fourth-order valence-electron chi connectivity index (χ4n) is 1.46. The van der Waals surface area contributed by atoms with Crippen LogP contribution in [0.2, 0.25) is 0 Å². The molecule has 18 heavy (non-hydrogen) atoms. The lowest BCUT2D eigenvalue weighted by Crippen LogP contribution is -2.10. The third-order valence-corrected chi connectivity index (χ3v) is 3.78. The normalized spacial score (nSPS) is 12.9. The van der Waals surface area contributed by atoms with Gasteiger partial charge in [0.2, 0.25) is 0 Å². The molecule has 5 heteroatoms. The maximum Gasteiger partial charge on any atom is 0.285 e. The standard InChI is InChI=1S/C13H19NO3S/c1-9(2)17-12(5)14-18(15,16)13-7-6-10(3)11(4)8-13/h6-9H,1-5H3. The summed E-state index contributed by atoms with van der Waals surface area (Å²) < 4.78 is 32.9. The smallest absolute Gasteiger partial charge is 0.285 e. The zero-order valence-electron chi connectivity index (χ0n) is 11.4. The summed E-state index contributed by atoms with van der Waals surface area (Å²) in [6, 6.07) is 4.96. The zero-order valence-corrected chi connectivity index (χ0v) is 12.2. The Bertz CT molecular complexity index is 560. The highest BCUT2D eigenvalue weighted by molar-refractivity contribution is 7.90. The Morgan fingerprint density at radius 3 is 2.33 bits per heavy atom. The third kappa shape index (κ3) is 3.84. The maximum atomic E-state index is 12.0. The second-order valence-electron chi connectivity index (χ2n) is 4.50. The first-order valence-corrected chi connectivity index (χ1v) is 7.22. The number of aryl methyl sites for hydroxylation is 2. The molecule has 1 aromatic rings. The summed E-state index contributed by atoms with van der Waals surface area (Å²) in [7, 11) is -3.68. The van der Waals surface area contributed by atoms with E-state index >= 15 is 0 Å². The molecular formula is C13H19NO3S. The number of hydrogen-bond donors (Lipinski definition) is 0. The minimum atomic E-state index is -3.68. The largest absolute Gasteiger partial charge is 0.478 e. The monoisotopic (exact) mass is 269 g/mol. The van der Waals surface area contributed by atoms with Gasteiger partial charge in [-0.25, -0.2) is 0 Å². The third-order valence-electron chi connectivity index (χ3n) is 2.43. The van der Waals surface area contributed by atoms with Gasteiger partial charge < -0.3 is 4.74 Å². The minimum Gasteiger partial charge on any atom is -0.478 e. The molecule has 0 radical (unpaired) electrons. The second kappa shape index (κ2) is 5.52. The lowest BCUT2D eigenvalue weighted by Gasteiger charge is -2.09. The van der Waals surface area contributed by atoms with E-state index in [9.17, 15) is 8.42 Å². The zero-order chi connectivity index (χ0) is 13.9. The van der Waals surface area contributed by atoms with Crippen LogP contribution in [0.3, 0.4) is 0 Å². The average Bonchev–Trinajstić information content (AvgIpc) is 2.19. The molecule has 0 atom stereocenters. The molecule has 0 amide bonds. The quantitative estimate of drug-likeness (QED) is 0.626. The first-order chi connectivity index (χ1) is 8.22. The number of sulfonamides is 1. The molecule has 0 bridgehead atoms. The van der Waals surface area contributed by atoms with Crippen molar-refractivity contribution in [1.29, 1.82) is 0 Å². The van der Waals surface area contributed by atoms with E-state index in [1.807, 2.05) is 27.7 Å². The van der Waals surface area contributed by atoms with Crippen LogP contribution in [0.5, 0.6) is 0 Å². The van der Waals surface area contributed by atoms with E-state index in [-0.39, 0.29) is 16.9 Å². The van der Waals surface area contributed by atoms with Crippen LogP contribution in [0, 0.1) is 13.8 Å². The van der Waals surface area contributed by atoms with E-state index in [1.165, 1.54) is 0 Å². The van der Waals surface area contributed by atoms with Crippen molar-refractivity contribution in [3.63, 3.8) is 0 Å². The highest BCUT2D eigenvalue weighted by Gasteiger charge is 2.14. The molecule has 0 aliphatic rings. The fraction of sp³-hybridized carbons (Fsp3) is 0.462. The van der Waals surface area contributed by atoms with Crippen molar-refractivity contribution >= 4 is 15.9 Å². The highest BCUT2D eigenvalue weighted by atomic mass is 32.2. The summed E-state index contributed by atoms with van der Waals surface area (Å²) in [5.74, 6) is 0.156. The van der Waals surface area contributed by atoms with E-state index in [1.54, 1.807) is 25.1 Å². The number of rotatable bonds is 3. The molecular weight excluding hydrogens is 250 g/mol. The van der Waals surface area contributed by atoms with Crippen molar-refractivity contribution in [2.45, 2.75) is 45.6 Å². The molecule has 1 aromatic carbocycles. The average molecular weight is 269 g/mol. The molecule has 0 fully saturated rings. The molecule has 0 N–H and O–H groups in total. The molecule has 0 unspecified atom stereocenters. The fourth-order valence-corrected chi connectivity index (χ4v) is 2.51. The van der Waals surface area contributed by atoms with Crippen molar-refractivity contribution in [3.05, 3.63) is 29.3 Å². The van der Waals surface area contributed by atoms with Gasteiger partial charge in [-0.1, -0.05) is 6.07 Å². The van der Waals surface area contributed by atoms with Gasteiger partial charge in [-0.2, -0.15) is 8.42 Å². The Hall–Kier alpha value is -1.36. The summed E-state index contributed by atoms with van der Waals surface area (Å²) in [6.45, 7) is 8.99. The summed E-state index contributed by atoms with van der Waals surface area (Å²) in [6.07, 6.45) is -0.0938. The Morgan fingerprint density at radius 1 is 1.22 bits per heavy atom. The second-order valence-corrected chi connectivity index (χ2v) is 6.10. The molecule has 1 rings (SSSR count).